The van der Waals surface area contributed by atoms with Crippen LogP contribution in [0.4, 0.5) is 19.0 Å². The summed E-state index contributed by atoms with van der Waals surface area (Å²) in [5.41, 5.74) is 4.87. The highest BCUT2D eigenvalue weighted by Gasteiger charge is 2.16. The molecule has 0 saturated carbocycles. The van der Waals surface area contributed by atoms with Crippen LogP contribution < -0.4 is 22.1 Å². The minimum atomic E-state index is -0.829. The molecule has 9 heteroatoms. The zero-order valence-corrected chi connectivity index (χ0v) is 13.9. The van der Waals surface area contributed by atoms with E-state index in [2.05, 4.69) is 10.1 Å². The molecule has 0 spiro atoms. The lowest BCUT2D eigenvalue weighted by atomic mass is 10.2. The van der Waals surface area contributed by atoms with Crippen LogP contribution in [0.2, 0.25) is 0 Å². The van der Waals surface area contributed by atoms with Crippen LogP contribution in [0.15, 0.2) is 23.0 Å². The van der Waals surface area contributed by atoms with Crippen LogP contribution in [-0.4, -0.2) is 25.8 Å². The van der Waals surface area contributed by atoms with E-state index < -0.39 is 30.5 Å². The number of nitrogens with two attached hydrogens (primary N) is 1. The fourth-order valence-electron chi connectivity index (χ4n) is 2.69. The summed E-state index contributed by atoms with van der Waals surface area (Å²) >= 11 is 0. The van der Waals surface area contributed by atoms with Gasteiger partial charge >= 0.3 is 5.69 Å². The van der Waals surface area contributed by atoms with Gasteiger partial charge in [0, 0.05) is 5.56 Å². The molecule has 136 valence electrons. The average Bonchev–Trinajstić information content (AvgIpc) is 2.92. The summed E-state index contributed by atoms with van der Waals surface area (Å²) in [5, 5.41) is 4.56. The van der Waals surface area contributed by atoms with Gasteiger partial charge in [-0.05, 0) is 24.6 Å². The van der Waals surface area contributed by atoms with Crippen LogP contribution in [0.25, 0.3) is 17.8 Å². The van der Waals surface area contributed by atoms with Gasteiger partial charge in [-0.25, -0.2) is 32.0 Å². The van der Waals surface area contributed by atoms with Crippen molar-refractivity contribution in [3.8, 4) is 0 Å². The molecule has 0 fully saturated rings. The van der Waals surface area contributed by atoms with Crippen molar-refractivity contribution in [3.63, 3.8) is 0 Å². The lowest BCUT2D eigenvalue weighted by molar-refractivity contribution is 0.528. The topological polar surface area (TPSA) is 78.2 Å². The summed E-state index contributed by atoms with van der Waals surface area (Å²) in [7, 11) is 0. The fourth-order valence-corrected chi connectivity index (χ4v) is 2.69. The van der Waals surface area contributed by atoms with E-state index >= 15 is 0 Å². The largest absolute Gasteiger partial charge is 0.381 e. The smallest absolute Gasteiger partial charge is 0.351 e. The van der Waals surface area contributed by atoms with Gasteiger partial charge in [0.25, 0.3) is 0 Å². The summed E-state index contributed by atoms with van der Waals surface area (Å²) in [6, 6.07) is 3.40. The summed E-state index contributed by atoms with van der Waals surface area (Å²) < 4.78 is 42.7. The van der Waals surface area contributed by atoms with Crippen molar-refractivity contribution >= 4 is 23.6 Å². The van der Waals surface area contributed by atoms with Gasteiger partial charge in [-0.2, -0.15) is 0 Å². The van der Waals surface area contributed by atoms with E-state index in [9.17, 15) is 18.0 Å². The van der Waals surface area contributed by atoms with E-state index in [1.54, 1.807) is 6.08 Å². The minimum absolute atomic E-state index is 0.000277. The van der Waals surface area contributed by atoms with Gasteiger partial charge in [-0.15, -0.1) is 5.10 Å². The highest BCUT2D eigenvalue weighted by molar-refractivity contribution is 5.59. The van der Waals surface area contributed by atoms with Gasteiger partial charge in [0.15, 0.2) is 5.82 Å². The second-order valence-corrected chi connectivity index (χ2v) is 5.54. The van der Waals surface area contributed by atoms with Gasteiger partial charge in [0.1, 0.15) is 18.3 Å². The molecule has 1 aromatic carbocycles. The SMILES string of the molecule is CCC=c1nc(N)c2nn(Cc3c(F)cccc3F)c(=O)n2c1=CCF. The molecular weight excluding hydrogens is 347 g/mol. The summed E-state index contributed by atoms with van der Waals surface area (Å²) in [6.45, 7) is 0.597. The van der Waals surface area contributed by atoms with Crippen LogP contribution in [0.1, 0.15) is 18.9 Å². The quantitative estimate of drug-likeness (QED) is 0.742. The molecule has 0 aliphatic carbocycles. The van der Waals surface area contributed by atoms with E-state index in [0.717, 1.165) is 21.2 Å². The third-order valence-corrected chi connectivity index (χ3v) is 3.85. The minimum Gasteiger partial charge on any atom is -0.381 e. The Bertz CT molecular complexity index is 1130. The van der Waals surface area contributed by atoms with E-state index in [-0.39, 0.29) is 22.4 Å². The Morgan fingerprint density at radius 1 is 1.23 bits per heavy atom. The van der Waals surface area contributed by atoms with Crippen LogP contribution >= 0.6 is 0 Å². The highest BCUT2D eigenvalue weighted by Crippen LogP contribution is 2.13. The lowest BCUT2D eigenvalue weighted by Gasteiger charge is -2.03. The highest BCUT2D eigenvalue weighted by atomic mass is 19.1. The molecule has 26 heavy (non-hydrogen) atoms. The Labute approximate surface area is 145 Å². The molecule has 0 aliphatic heterocycles. The van der Waals surface area contributed by atoms with Crippen LogP contribution in [0.3, 0.4) is 0 Å². The maximum absolute atomic E-state index is 13.9. The summed E-state index contributed by atoms with van der Waals surface area (Å²) in [4.78, 5) is 16.9. The van der Waals surface area contributed by atoms with Crippen LogP contribution in [0.5, 0.6) is 0 Å². The number of nitrogen functional groups attached to an aromatic ring is 1. The van der Waals surface area contributed by atoms with Crippen molar-refractivity contribution in [2.24, 2.45) is 0 Å². The standard InChI is InChI=1S/C17H16F3N5O/c1-2-4-13-14(7-8-18)25-16(15(21)22-13)23-24(17(25)26)9-10-11(19)5-3-6-12(10)20/h3-7H,2,8-9H2,1H3,(H2,21,22). The van der Waals surface area contributed by atoms with E-state index in [4.69, 9.17) is 5.73 Å². The van der Waals surface area contributed by atoms with Crippen molar-refractivity contribution < 1.29 is 13.2 Å². The predicted molar refractivity (Wildman–Crippen MR) is 91.6 cm³/mol. The number of anilines is 1. The Hall–Kier alpha value is -3.10. The predicted octanol–water partition coefficient (Wildman–Crippen LogP) is 0.740. The molecule has 0 amide bonds. The zero-order valence-electron chi connectivity index (χ0n) is 13.9. The number of fused-ring (bicyclic) bond motifs is 1. The third kappa shape index (κ3) is 2.96. The first-order chi connectivity index (χ1) is 12.5. The lowest BCUT2D eigenvalue weighted by Crippen LogP contribution is -2.41. The monoisotopic (exact) mass is 363 g/mol. The maximum Gasteiger partial charge on any atom is 0.351 e. The normalized spacial score (nSPS) is 13.1. The zero-order chi connectivity index (χ0) is 18.8. The molecule has 0 bridgehead atoms. The Morgan fingerprint density at radius 2 is 1.92 bits per heavy atom. The summed E-state index contributed by atoms with van der Waals surface area (Å²) in [6.07, 6.45) is 3.46. The van der Waals surface area contributed by atoms with Gasteiger partial charge in [0.05, 0.1) is 17.2 Å². The maximum atomic E-state index is 13.9. The first-order valence-electron chi connectivity index (χ1n) is 7.92. The van der Waals surface area contributed by atoms with Gasteiger partial charge < -0.3 is 5.73 Å². The number of hydrogen-bond acceptors (Lipinski definition) is 4. The summed E-state index contributed by atoms with van der Waals surface area (Å²) in [5.74, 6) is -1.63. The Balaban J connectivity index is 2.32. The van der Waals surface area contributed by atoms with Crippen LogP contribution in [0, 0.1) is 11.6 Å². The molecule has 0 unspecified atom stereocenters. The van der Waals surface area contributed by atoms with Crippen molar-refractivity contribution in [1.29, 1.82) is 0 Å². The van der Waals surface area contributed by atoms with Gasteiger partial charge in [-0.3, -0.25) is 0 Å². The number of nitrogens with zero attached hydrogens (tertiary/aromatic N) is 4. The first-order valence-corrected chi connectivity index (χ1v) is 7.92. The average molecular weight is 363 g/mol. The fraction of sp³-hybridized carbons (Fsp3) is 0.235. The van der Waals surface area contributed by atoms with Crippen molar-refractivity contribution in [2.75, 3.05) is 12.4 Å². The number of alkyl halides is 1. The van der Waals surface area contributed by atoms with Crippen LogP contribution in [-0.2, 0) is 6.54 Å². The van der Waals surface area contributed by atoms with Crippen molar-refractivity contribution in [1.82, 2.24) is 19.2 Å². The Morgan fingerprint density at radius 3 is 2.54 bits per heavy atom. The van der Waals surface area contributed by atoms with Gasteiger partial charge in [-0.1, -0.05) is 19.1 Å². The first kappa shape index (κ1) is 17.7. The molecule has 2 N–H and O–H groups in total. The van der Waals surface area contributed by atoms with E-state index in [0.29, 0.717) is 11.8 Å². The number of rotatable bonds is 4. The van der Waals surface area contributed by atoms with E-state index in [1.807, 2.05) is 6.92 Å². The molecular formula is C17H16F3N5O. The molecule has 0 aliphatic rings. The number of benzene rings is 1. The molecule has 3 rings (SSSR count). The van der Waals surface area contributed by atoms with E-state index in [1.165, 1.54) is 12.1 Å². The van der Waals surface area contributed by atoms with Gasteiger partial charge in [0.2, 0.25) is 5.65 Å². The number of hydrogen-bond donors (Lipinski definition) is 1. The molecule has 2 aromatic heterocycles. The number of aromatic nitrogens is 4. The second kappa shape index (κ2) is 7.03. The Kier molecular flexibility index (Phi) is 4.79. The number of halogens is 3. The molecule has 0 atom stereocenters. The third-order valence-electron chi connectivity index (χ3n) is 3.85. The van der Waals surface area contributed by atoms with Crippen molar-refractivity contribution in [2.45, 2.75) is 19.9 Å². The molecule has 0 radical (unpaired) electrons. The second-order valence-electron chi connectivity index (χ2n) is 5.54. The molecule has 2 heterocycles. The van der Waals surface area contributed by atoms with Crippen molar-refractivity contribution in [3.05, 3.63) is 56.6 Å². The molecule has 6 nitrogen and oxygen atoms in total. The molecule has 3 aromatic rings. The molecule has 0 saturated heterocycles.